The van der Waals surface area contributed by atoms with Gasteiger partial charge in [-0.1, -0.05) is 30.3 Å². The second-order valence-electron chi connectivity index (χ2n) is 4.46. The highest BCUT2D eigenvalue weighted by Gasteiger charge is 2.34. The lowest BCUT2D eigenvalue weighted by Gasteiger charge is -2.16. The van der Waals surface area contributed by atoms with Gasteiger partial charge in [-0.15, -0.1) is 0 Å². The summed E-state index contributed by atoms with van der Waals surface area (Å²) in [5.74, 6) is 0.298. The van der Waals surface area contributed by atoms with Crippen LogP contribution in [0, 0.1) is 5.92 Å². The summed E-state index contributed by atoms with van der Waals surface area (Å²) in [4.78, 5) is 13.3. The predicted octanol–water partition coefficient (Wildman–Crippen LogP) is 0.180. The van der Waals surface area contributed by atoms with Crippen LogP contribution in [0.5, 0.6) is 0 Å². The van der Waals surface area contributed by atoms with Gasteiger partial charge in [0.2, 0.25) is 5.91 Å². The summed E-state index contributed by atoms with van der Waals surface area (Å²) in [5, 5.41) is 9.40. The predicted molar refractivity (Wildman–Crippen MR) is 65.4 cm³/mol. The van der Waals surface area contributed by atoms with Crippen molar-refractivity contribution in [2.24, 2.45) is 11.7 Å². The minimum Gasteiger partial charge on any atom is -0.396 e. The number of aliphatic hydroxyl groups excluding tert-OH is 1. The van der Waals surface area contributed by atoms with Gasteiger partial charge >= 0.3 is 0 Å². The summed E-state index contributed by atoms with van der Waals surface area (Å²) >= 11 is 0. The number of carbonyl (C=O) groups excluding carboxylic acids is 1. The average Bonchev–Trinajstić information content (AvgIpc) is 2.83. The molecule has 1 aromatic rings. The summed E-state index contributed by atoms with van der Waals surface area (Å²) in [5.41, 5.74) is 6.55. The molecule has 92 valence electrons. The molecule has 3 N–H and O–H groups in total. The zero-order valence-electron chi connectivity index (χ0n) is 9.75. The fourth-order valence-electron chi connectivity index (χ4n) is 2.47. The van der Waals surface area contributed by atoms with Crippen LogP contribution >= 0.6 is 0 Å². The number of carbonyl (C=O) groups is 1. The minimum absolute atomic E-state index is 0.0399. The van der Waals surface area contributed by atoms with Crippen LogP contribution in [0.1, 0.15) is 11.5 Å². The van der Waals surface area contributed by atoms with E-state index in [0.29, 0.717) is 13.1 Å². The van der Waals surface area contributed by atoms with Crippen molar-refractivity contribution in [3.8, 4) is 0 Å². The zero-order chi connectivity index (χ0) is 12.3. The largest absolute Gasteiger partial charge is 0.396 e. The van der Waals surface area contributed by atoms with Crippen LogP contribution in [0.25, 0.3) is 0 Å². The van der Waals surface area contributed by atoms with Crippen molar-refractivity contribution in [2.75, 3.05) is 26.2 Å². The summed E-state index contributed by atoms with van der Waals surface area (Å²) in [6, 6.07) is 10.0. The Kier molecular flexibility index (Phi) is 3.76. The molecular formula is C13H18N2O2. The van der Waals surface area contributed by atoms with Crippen LogP contribution in [-0.4, -0.2) is 42.2 Å². The fraction of sp³-hybridized carbons (Fsp3) is 0.462. The molecule has 2 atom stereocenters. The normalized spacial score (nSPS) is 24.0. The molecule has 0 spiro atoms. The number of rotatable bonds is 3. The Morgan fingerprint density at radius 3 is 2.65 bits per heavy atom. The molecule has 1 aliphatic heterocycles. The first-order valence-corrected chi connectivity index (χ1v) is 5.90. The molecule has 4 nitrogen and oxygen atoms in total. The second kappa shape index (κ2) is 5.29. The SMILES string of the molecule is NCC(=O)N1C[C@H](CO)[C@H](c2ccccc2)C1. The first kappa shape index (κ1) is 12.1. The Bertz CT molecular complexity index is 380. The Morgan fingerprint density at radius 1 is 1.35 bits per heavy atom. The number of amides is 1. The molecule has 17 heavy (non-hydrogen) atoms. The molecule has 0 radical (unpaired) electrons. The Hall–Kier alpha value is -1.39. The number of hydrogen-bond acceptors (Lipinski definition) is 3. The lowest BCUT2D eigenvalue weighted by molar-refractivity contribution is -0.128. The Labute approximate surface area is 101 Å². The van der Waals surface area contributed by atoms with E-state index in [0.717, 1.165) is 0 Å². The van der Waals surface area contributed by atoms with Gasteiger partial charge in [0.05, 0.1) is 6.54 Å². The van der Waals surface area contributed by atoms with Gasteiger partial charge < -0.3 is 15.7 Å². The Balaban J connectivity index is 2.15. The van der Waals surface area contributed by atoms with E-state index in [4.69, 9.17) is 5.73 Å². The first-order chi connectivity index (χ1) is 8.26. The molecule has 0 aromatic heterocycles. The smallest absolute Gasteiger partial charge is 0.236 e. The van der Waals surface area contributed by atoms with Crippen LogP contribution in [0.2, 0.25) is 0 Å². The minimum atomic E-state index is -0.0399. The van der Waals surface area contributed by atoms with Gasteiger partial charge in [0.25, 0.3) is 0 Å². The fourth-order valence-corrected chi connectivity index (χ4v) is 2.47. The van der Waals surface area contributed by atoms with Gasteiger partial charge in [0.1, 0.15) is 0 Å². The van der Waals surface area contributed by atoms with Gasteiger partial charge in [-0.2, -0.15) is 0 Å². The number of aliphatic hydroxyl groups is 1. The van der Waals surface area contributed by atoms with Crippen molar-refractivity contribution < 1.29 is 9.90 Å². The molecule has 2 rings (SSSR count). The highest BCUT2D eigenvalue weighted by molar-refractivity contribution is 5.78. The summed E-state index contributed by atoms with van der Waals surface area (Å²) < 4.78 is 0. The zero-order valence-corrected chi connectivity index (χ0v) is 9.75. The molecule has 0 aliphatic carbocycles. The first-order valence-electron chi connectivity index (χ1n) is 5.90. The van der Waals surface area contributed by atoms with Crippen molar-refractivity contribution >= 4 is 5.91 Å². The molecule has 1 saturated heterocycles. The van der Waals surface area contributed by atoms with E-state index in [1.54, 1.807) is 4.90 Å². The van der Waals surface area contributed by atoms with Gasteiger partial charge in [-0.3, -0.25) is 4.79 Å². The lowest BCUT2D eigenvalue weighted by Crippen LogP contribution is -2.34. The molecule has 0 saturated carbocycles. The third kappa shape index (κ3) is 2.48. The second-order valence-corrected chi connectivity index (χ2v) is 4.46. The molecule has 0 unspecified atom stereocenters. The van der Waals surface area contributed by atoms with E-state index in [1.807, 2.05) is 30.3 Å². The van der Waals surface area contributed by atoms with Gasteiger partial charge in [0.15, 0.2) is 0 Å². The van der Waals surface area contributed by atoms with Crippen molar-refractivity contribution in [3.63, 3.8) is 0 Å². The van der Waals surface area contributed by atoms with Crippen LogP contribution in [0.15, 0.2) is 30.3 Å². The van der Waals surface area contributed by atoms with Crippen molar-refractivity contribution in [1.82, 2.24) is 4.90 Å². The third-order valence-corrected chi connectivity index (χ3v) is 3.43. The summed E-state index contributed by atoms with van der Waals surface area (Å²) in [6.45, 7) is 1.41. The molecular weight excluding hydrogens is 216 g/mol. The highest BCUT2D eigenvalue weighted by atomic mass is 16.3. The topological polar surface area (TPSA) is 66.6 Å². The number of nitrogens with zero attached hydrogens (tertiary/aromatic N) is 1. The standard InChI is InChI=1S/C13H18N2O2/c14-6-13(17)15-7-11(9-16)12(8-15)10-4-2-1-3-5-10/h1-5,11-12,16H,6-9,14H2/t11-,12+/m1/s1. The van der Waals surface area contributed by atoms with Crippen LogP contribution in [0.4, 0.5) is 0 Å². The summed E-state index contributed by atoms with van der Waals surface area (Å²) in [7, 11) is 0. The van der Waals surface area contributed by atoms with E-state index < -0.39 is 0 Å². The lowest BCUT2D eigenvalue weighted by atomic mass is 9.90. The third-order valence-electron chi connectivity index (χ3n) is 3.43. The van der Waals surface area contributed by atoms with Crippen LogP contribution in [0.3, 0.4) is 0 Å². The maximum Gasteiger partial charge on any atom is 0.236 e. The van der Waals surface area contributed by atoms with E-state index in [2.05, 4.69) is 0 Å². The van der Waals surface area contributed by atoms with Crippen molar-refractivity contribution in [2.45, 2.75) is 5.92 Å². The molecule has 1 fully saturated rings. The molecule has 0 bridgehead atoms. The molecule has 1 aliphatic rings. The summed E-state index contributed by atoms with van der Waals surface area (Å²) in [6.07, 6.45) is 0. The number of likely N-dealkylation sites (tertiary alicyclic amines) is 1. The number of nitrogens with two attached hydrogens (primary N) is 1. The number of hydrogen-bond donors (Lipinski definition) is 2. The molecule has 1 aromatic carbocycles. The van der Waals surface area contributed by atoms with E-state index >= 15 is 0 Å². The van der Waals surface area contributed by atoms with Crippen LogP contribution in [-0.2, 0) is 4.79 Å². The quantitative estimate of drug-likeness (QED) is 0.784. The van der Waals surface area contributed by atoms with Gasteiger partial charge in [0, 0.05) is 31.5 Å². The van der Waals surface area contributed by atoms with Crippen LogP contribution < -0.4 is 5.73 Å². The molecule has 1 amide bonds. The van der Waals surface area contributed by atoms with Gasteiger partial charge in [-0.25, -0.2) is 0 Å². The highest BCUT2D eigenvalue weighted by Crippen LogP contribution is 2.32. The average molecular weight is 234 g/mol. The molecule has 4 heteroatoms. The maximum atomic E-state index is 11.6. The van der Waals surface area contributed by atoms with Crippen molar-refractivity contribution in [1.29, 1.82) is 0 Å². The van der Waals surface area contributed by atoms with Crippen molar-refractivity contribution in [3.05, 3.63) is 35.9 Å². The molecule has 1 heterocycles. The number of benzene rings is 1. The van der Waals surface area contributed by atoms with Gasteiger partial charge in [-0.05, 0) is 5.56 Å². The van der Waals surface area contributed by atoms with E-state index in [-0.39, 0.29) is 30.9 Å². The van der Waals surface area contributed by atoms with E-state index in [1.165, 1.54) is 5.56 Å². The monoisotopic (exact) mass is 234 g/mol. The van der Waals surface area contributed by atoms with E-state index in [9.17, 15) is 9.90 Å². The maximum absolute atomic E-state index is 11.6. The Morgan fingerprint density at radius 2 is 2.06 bits per heavy atom.